The lowest BCUT2D eigenvalue weighted by Gasteiger charge is -2.32. The number of carbonyl (C=O) groups is 3. The van der Waals surface area contributed by atoms with Gasteiger partial charge in [-0.2, -0.15) is 4.72 Å². The number of alkyl carbamates (subject to hydrolysis) is 1. The van der Waals surface area contributed by atoms with Crippen LogP contribution >= 0.6 is 34.8 Å². The Morgan fingerprint density at radius 1 is 1.11 bits per heavy atom. The number of sulfonamides is 1. The Morgan fingerprint density at radius 3 is 2.45 bits per heavy atom. The molecule has 3 amide bonds. The van der Waals surface area contributed by atoms with Gasteiger partial charge in [-0.15, -0.1) is 0 Å². The lowest BCUT2D eigenvalue weighted by molar-refractivity contribution is -0.141. The maximum absolute atomic E-state index is 13.7. The maximum Gasteiger partial charge on any atom is 0.408 e. The van der Waals surface area contributed by atoms with Crippen molar-refractivity contribution in [2.45, 2.75) is 106 Å². The monoisotopic (exact) mass is 692 g/mol. The van der Waals surface area contributed by atoms with Crippen LogP contribution in [-0.2, 0) is 24.3 Å². The minimum Gasteiger partial charge on any atom is -0.444 e. The number of fused-ring (bicyclic) bond motifs is 2. The highest BCUT2D eigenvalue weighted by atomic mass is 35.5. The van der Waals surface area contributed by atoms with Gasteiger partial charge in [0.2, 0.25) is 21.8 Å². The van der Waals surface area contributed by atoms with Crippen molar-refractivity contribution in [2.75, 3.05) is 6.54 Å². The number of amides is 3. The maximum atomic E-state index is 13.7. The van der Waals surface area contributed by atoms with Crippen LogP contribution in [0, 0.1) is 5.92 Å². The molecule has 4 N–H and O–H groups in total. The summed E-state index contributed by atoms with van der Waals surface area (Å²) in [5.74, 6) is -1.30. The quantitative estimate of drug-likeness (QED) is 0.261. The third kappa shape index (κ3) is 8.19. The van der Waals surface area contributed by atoms with Crippen LogP contribution in [0.4, 0.5) is 4.79 Å². The zero-order valence-electron chi connectivity index (χ0n) is 24.9. The van der Waals surface area contributed by atoms with E-state index in [2.05, 4.69) is 15.4 Å². The van der Waals surface area contributed by atoms with Crippen LogP contribution in [0.15, 0.2) is 29.2 Å². The predicted octanol–water partition coefficient (Wildman–Crippen LogP) is 4.52. The van der Waals surface area contributed by atoms with Gasteiger partial charge in [-0.3, -0.25) is 9.59 Å². The average molecular weight is 694 g/mol. The summed E-state index contributed by atoms with van der Waals surface area (Å²) in [6, 6.07) is 0.688. The SMILES string of the molecule is CC(C)(C)OC(=O)N[C@H]1CCCCC/C=C\[C@@H]2C[C@@]2(C(O)NS(=O)(=O)c2c(Cl)cc(Cl)cc2Cl)NC(=O)[C@@H]2CCCN2C1=O. The molecule has 1 aromatic carbocycles. The average Bonchev–Trinajstić information content (AvgIpc) is 3.34. The van der Waals surface area contributed by atoms with E-state index in [9.17, 15) is 27.9 Å². The highest BCUT2D eigenvalue weighted by molar-refractivity contribution is 7.89. The lowest BCUT2D eigenvalue weighted by atomic mass is 10.0. The minimum absolute atomic E-state index is 0.138. The second-order valence-corrected chi connectivity index (χ2v) is 15.4. The molecule has 1 saturated carbocycles. The fourth-order valence-corrected chi connectivity index (χ4v) is 8.42. The number of allylic oxidation sites excluding steroid dienone is 1. The molecule has 3 aliphatic rings. The number of halogens is 3. The smallest absolute Gasteiger partial charge is 0.408 e. The van der Waals surface area contributed by atoms with Crippen molar-refractivity contribution >= 4 is 62.7 Å². The van der Waals surface area contributed by atoms with Crippen molar-refractivity contribution in [3.63, 3.8) is 0 Å². The molecule has 0 spiro atoms. The largest absolute Gasteiger partial charge is 0.444 e. The van der Waals surface area contributed by atoms with E-state index in [0.717, 1.165) is 12.8 Å². The first-order valence-corrected chi connectivity index (χ1v) is 17.3. The number of rotatable bonds is 5. The minimum atomic E-state index is -4.45. The van der Waals surface area contributed by atoms with Crippen LogP contribution in [-0.4, -0.2) is 72.3 Å². The van der Waals surface area contributed by atoms with Crippen LogP contribution in [0.3, 0.4) is 0 Å². The number of hydrogen-bond donors (Lipinski definition) is 4. The highest BCUT2D eigenvalue weighted by Gasteiger charge is 2.60. The summed E-state index contributed by atoms with van der Waals surface area (Å²) >= 11 is 18.2. The third-order valence-corrected chi connectivity index (χ3v) is 10.5. The number of aliphatic hydroxyl groups is 1. The number of nitrogens with zero attached hydrogens (tertiary/aromatic N) is 1. The summed E-state index contributed by atoms with van der Waals surface area (Å²) < 4.78 is 34.2. The van der Waals surface area contributed by atoms with Gasteiger partial charge in [-0.05, 0) is 71.4 Å². The number of carbonyl (C=O) groups excluding carboxylic acids is 3. The molecule has 2 fully saturated rings. The topological polar surface area (TPSA) is 154 Å². The van der Waals surface area contributed by atoms with E-state index in [4.69, 9.17) is 39.5 Å². The Kier molecular flexibility index (Phi) is 10.8. The molecule has 1 aliphatic carbocycles. The van der Waals surface area contributed by atoms with Crippen molar-refractivity contribution in [3.8, 4) is 0 Å². The second kappa shape index (κ2) is 13.7. The molecular weight excluding hydrogens is 655 g/mol. The van der Waals surface area contributed by atoms with Crippen LogP contribution in [0.1, 0.15) is 72.1 Å². The van der Waals surface area contributed by atoms with Gasteiger partial charge in [0.25, 0.3) is 0 Å². The van der Waals surface area contributed by atoms with Crippen LogP contribution in [0.5, 0.6) is 0 Å². The summed E-state index contributed by atoms with van der Waals surface area (Å²) in [6.45, 7) is 5.50. The van der Waals surface area contributed by atoms with Crippen LogP contribution in [0.25, 0.3) is 0 Å². The first kappa shape index (κ1) is 34.8. The third-order valence-electron chi connectivity index (χ3n) is 7.96. The Bertz CT molecular complexity index is 1390. The molecular formula is C29H39Cl3N4O7S. The van der Waals surface area contributed by atoms with E-state index in [1.807, 2.05) is 12.2 Å². The fraction of sp³-hybridized carbons (Fsp3) is 0.621. The number of ether oxygens (including phenoxy) is 1. The van der Waals surface area contributed by atoms with Gasteiger partial charge in [-0.25, -0.2) is 13.2 Å². The van der Waals surface area contributed by atoms with Gasteiger partial charge in [0.15, 0.2) is 0 Å². The van der Waals surface area contributed by atoms with Crippen molar-refractivity contribution in [1.29, 1.82) is 0 Å². The van der Waals surface area contributed by atoms with Crippen molar-refractivity contribution in [3.05, 3.63) is 39.4 Å². The first-order valence-electron chi connectivity index (χ1n) is 14.7. The number of nitrogens with one attached hydrogen (secondary N) is 3. The summed E-state index contributed by atoms with van der Waals surface area (Å²) in [5, 5.41) is 16.6. The number of aliphatic hydroxyl groups excluding tert-OH is 1. The van der Waals surface area contributed by atoms with Crippen LogP contribution in [0.2, 0.25) is 15.1 Å². The van der Waals surface area contributed by atoms with Gasteiger partial charge in [0, 0.05) is 17.5 Å². The highest BCUT2D eigenvalue weighted by Crippen LogP contribution is 2.48. The fourth-order valence-electron chi connectivity index (χ4n) is 5.74. The van der Waals surface area contributed by atoms with E-state index in [-0.39, 0.29) is 27.4 Å². The molecule has 0 radical (unpaired) electrons. The van der Waals surface area contributed by atoms with E-state index >= 15 is 0 Å². The Morgan fingerprint density at radius 2 is 1.80 bits per heavy atom. The van der Waals surface area contributed by atoms with Gasteiger partial charge < -0.3 is 25.4 Å². The molecule has 44 heavy (non-hydrogen) atoms. The molecule has 1 aromatic rings. The molecule has 244 valence electrons. The molecule has 0 aromatic heterocycles. The molecule has 11 nitrogen and oxygen atoms in total. The summed E-state index contributed by atoms with van der Waals surface area (Å²) in [7, 11) is -4.45. The zero-order valence-corrected chi connectivity index (χ0v) is 28.0. The van der Waals surface area contributed by atoms with Crippen molar-refractivity contribution in [2.24, 2.45) is 5.92 Å². The molecule has 5 atom stereocenters. The van der Waals surface area contributed by atoms with Gasteiger partial charge in [0.05, 0.1) is 15.6 Å². The van der Waals surface area contributed by atoms with Crippen molar-refractivity contribution in [1.82, 2.24) is 20.3 Å². The van der Waals surface area contributed by atoms with Crippen LogP contribution < -0.4 is 15.4 Å². The molecule has 2 aliphatic heterocycles. The number of benzene rings is 1. The van der Waals surface area contributed by atoms with E-state index in [1.54, 1.807) is 20.8 Å². The van der Waals surface area contributed by atoms with E-state index < -0.39 is 62.3 Å². The summed E-state index contributed by atoms with van der Waals surface area (Å²) in [6.07, 6.45) is 5.88. The second-order valence-electron chi connectivity index (χ2n) is 12.5. The Balaban J connectivity index is 1.58. The van der Waals surface area contributed by atoms with Crippen molar-refractivity contribution < 1.29 is 32.6 Å². The molecule has 1 unspecified atom stereocenters. The predicted molar refractivity (Wildman–Crippen MR) is 167 cm³/mol. The zero-order chi connectivity index (χ0) is 32.4. The summed E-state index contributed by atoms with van der Waals surface area (Å²) in [5.41, 5.74) is -2.13. The van der Waals surface area contributed by atoms with Gasteiger partial charge in [-0.1, -0.05) is 59.8 Å². The standard InChI is InChI=1S/C29H39Cl3N4O7S/c1-28(2,3)43-27(40)33-21-11-8-6-4-5-7-10-17-16-29(17,34-24(37)22-12-9-13-36(22)25(21)38)26(39)35-44(41,42)23-19(31)14-18(30)15-20(23)32/h7,10,14-15,17,21-22,26,35,39H,4-6,8-9,11-13,16H2,1-3H3,(H,33,40)(H,34,37)/b10-7-/t17-,21+,22+,26?,29-/m1/s1. The Hall–Kier alpha value is -2.09. The lowest BCUT2D eigenvalue weighted by Crippen LogP contribution is -2.59. The summed E-state index contributed by atoms with van der Waals surface area (Å²) in [4.78, 5) is 41.1. The molecule has 2 heterocycles. The normalized spacial score (nSPS) is 28.1. The van der Waals surface area contributed by atoms with E-state index in [0.29, 0.717) is 38.6 Å². The Labute approximate surface area is 273 Å². The first-order chi connectivity index (χ1) is 20.5. The molecule has 15 heteroatoms. The van der Waals surface area contributed by atoms with Gasteiger partial charge >= 0.3 is 6.09 Å². The molecule has 0 bridgehead atoms. The van der Waals surface area contributed by atoms with Gasteiger partial charge in [0.1, 0.15) is 28.8 Å². The molecule has 1 saturated heterocycles. The van der Waals surface area contributed by atoms with E-state index in [1.165, 1.54) is 17.0 Å². The molecule has 4 rings (SSSR count). The number of hydrogen-bond acceptors (Lipinski definition) is 7.